The van der Waals surface area contributed by atoms with Crippen molar-refractivity contribution >= 4 is 29.3 Å². The van der Waals surface area contributed by atoms with Crippen molar-refractivity contribution in [3.63, 3.8) is 0 Å². The number of nitrogens with zero attached hydrogens (tertiary/aromatic N) is 1. The molecule has 0 saturated carbocycles. The van der Waals surface area contributed by atoms with Gasteiger partial charge in [-0.3, -0.25) is 9.59 Å². The van der Waals surface area contributed by atoms with Crippen LogP contribution >= 0.6 is 0 Å². The summed E-state index contributed by atoms with van der Waals surface area (Å²) in [4.78, 5) is 25.2. The number of hydrogen-bond donors (Lipinski definition) is 2. The zero-order chi connectivity index (χ0) is 23.1. The molecule has 170 valence electrons. The zero-order valence-corrected chi connectivity index (χ0v) is 17.3. The van der Waals surface area contributed by atoms with Crippen LogP contribution in [0.15, 0.2) is 48.5 Å². The molecule has 9 heteroatoms. The van der Waals surface area contributed by atoms with E-state index in [-0.39, 0.29) is 12.3 Å². The van der Waals surface area contributed by atoms with Crippen molar-refractivity contribution in [2.24, 2.45) is 5.73 Å². The number of nitrogens with one attached hydrogen (secondary N) is 1. The molecule has 1 heterocycles. The Morgan fingerprint density at radius 2 is 1.75 bits per heavy atom. The molecule has 3 N–H and O–H groups in total. The molecular weight excluding hydrogens is 423 g/mol. The molecule has 1 aliphatic rings. The first-order chi connectivity index (χ1) is 15.2. The summed E-state index contributed by atoms with van der Waals surface area (Å²) < 4.78 is 44.8. The van der Waals surface area contributed by atoms with Crippen LogP contribution in [0.1, 0.15) is 30.4 Å². The number of anilines is 2. The molecule has 6 nitrogen and oxygen atoms in total. The molecular formula is C23H24F3N3O3. The van der Waals surface area contributed by atoms with Gasteiger partial charge in [0.1, 0.15) is 5.75 Å². The van der Waals surface area contributed by atoms with Crippen LogP contribution in [0.4, 0.5) is 24.5 Å². The number of piperidine rings is 1. The highest BCUT2D eigenvalue weighted by atomic mass is 19.4. The molecule has 0 unspecified atom stereocenters. The first-order valence-corrected chi connectivity index (χ1v) is 10.2. The Morgan fingerprint density at radius 3 is 2.38 bits per heavy atom. The Balaban J connectivity index is 1.73. The van der Waals surface area contributed by atoms with Crippen molar-refractivity contribution in [3.8, 4) is 5.75 Å². The molecule has 1 saturated heterocycles. The molecule has 0 atom stereocenters. The number of ether oxygens (including phenoxy) is 1. The van der Waals surface area contributed by atoms with Crippen molar-refractivity contribution in [1.82, 2.24) is 0 Å². The highest BCUT2D eigenvalue weighted by Gasteiger charge is 2.31. The first kappa shape index (κ1) is 23.2. The highest BCUT2D eigenvalue weighted by molar-refractivity contribution is 6.04. The average molecular weight is 447 g/mol. The molecule has 32 heavy (non-hydrogen) atoms. The number of hydrogen-bond acceptors (Lipinski definition) is 4. The fourth-order valence-corrected chi connectivity index (χ4v) is 3.40. The number of nitrogens with two attached hydrogens (primary N) is 1. The van der Waals surface area contributed by atoms with Crippen LogP contribution in [0.2, 0.25) is 0 Å². The van der Waals surface area contributed by atoms with E-state index in [9.17, 15) is 22.8 Å². The van der Waals surface area contributed by atoms with Gasteiger partial charge in [0.2, 0.25) is 5.91 Å². The summed E-state index contributed by atoms with van der Waals surface area (Å²) in [5, 5.41) is 2.59. The zero-order valence-electron chi connectivity index (χ0n) is 17.3. The van der Waals surface area contributed by atoms with E-state index in [0.717, 1.165) is 44.5 Å². The molecule has 0 radical (unpaired) electrons. The Morgan fingerprint density at radius 1 is 1.06 bits per heavy atom. The third kappa shape index (κ3) is 6.50. The molecule has 0 aliphatic carbocycles. The van der Waals surface area contributed by atoms with Crippen molar-refractivity contribution in [2.75, 3.05) is 29.9 Å². The maximum absolute atomic E-state index is 13.2. The van der Waals surface area contributed by atoms with E-state index in [1.54, 1.807) is 24.3 Å². The van der Waals surface area contributed by atoms with Gasteiger partial charge in [-0.05, 0) is 61.2 Å². The topological polar surface area (TPSA) is 84.7 Å². The van der Waals surface area contributed by atoms with E-state index >= 15 is 0 Å². The number of primary amides is 1. The molecule has 1 aliphatic heterocycles. The number of halogens is 3. The summed E-state index contributed by atoms with van der Waals surface area (Å²) in [5.41, 5.74) is 5.59. The van der Waals surface area contributed by atoms with Crippen molar-refractivity contribution < 1.29 is 27.5 Å². The standard InChI is InChI=1S/C23H24F3N3O3/c24-23(25,26)17-7-10-20(29-12-2-1-3-13-29)19(14-17)28-22(31)11-6-16-4-8-18(9-5-16)32-15-21(27)30/h4-11,14H,1-3,12-13,15H2,(H2,27,30)(H,28,31)/b11-6+. The predicted octanol–water partition coefficient (Wildman–Crippen LogP) is 4.21. The number of benzene rings is 2. The smallest absolute Gasteiger partial charge is 0.416 e. The van der Waals surface area contributed by atoms with Crippen LogP contribution in [0, 0.1) is 0 Å². The van der Waals surface area contributed by atoms with Gasteiger partial charge in [0.25, 0.3) is 5.91 Å². The summed E-state index contributed by atoms with van der Waals surface area (Å²) in [5.74, 6) is -0.693. The third-order valence-electron chi connectivity index (χ3n) is 4.97. The molecule has 0 spiro atoms. The Kier molecular flexibility index (Phi) is 7.40. The van der Waals surface area contributed by atoms with Gasteiger partial charge in [-0.15, -0.1) is 0 Å². The molecule has 2 aromatic rings. The number of amides is 2. The van der Waals surface area contributed by atoms with Gasteiger partial charge in [-0.1, -0.05) is 12.1 Å². The van der Waals surface area contributed by atoms with Crippen molar-refractivity contribution in [1.29, 1.82) is 0 Å². The minimum absolute atomic E-state index is 0.131. The Labute approximate surface area is 183 Å². The van der Waals surface area contributed by atoms with Crippen LogP contribution < -0.4 is 20.7 Å². The minimum atomic E-state index is -4.51. The molecule has 2 amide bonds. The summed E-state index contributed by atoms with van der Waals surface area (Å²) in [6.07, 6.45) is 1.25. The van der Waals surface area contributed by atoms with E-state index in [0.29, 0.717) is 17.0 Å². The maximum Gasteiger partial charge on any atom is 0.416 e. The average Bonchev–Trinajstić information content (AvgIpc) is 2.77. The van der Waals surface area contributed by atoms with Gasteiger partial charge in [0.05, 0.1) is 16.9 Å². The second-order valence-corrected chi connectivity index (χ2v) is 7.42. The summed E-state index contributed by atoms with van der Waals surface area (Å²) >= 11 is 0. The summed E-state index contributed by atoms with van der Waals surface area (Å²) in [6, 6.07) is 9.99. The van der Waals surface area contributed by atoms with Gasteiger partial charge >= 0.3 is 6.18 Å². The van der Waals surface area contributed by atoms with E-state index in [1.807, 2.05) is 4.90 Å². The van der Waals surface area contributed by atoms with E-state index in [1.165, 1.54) is 18.2 Å². The van der Waals surface area contributed by atoms with Crippen molar-refractivity contribution in [2.45, 2.75) is 25.4 Å². The van der Waals surface area contributed by atoms with Crippen LogP contribution in [-0.4, -0.2) is 31.5 Å². The fraction of sp³-hybridized carbons (Fsp3) is 0.304. The lowest BCUT2D eigenvalue weighted by atomic mass is 10.1. The van der Waals surface area contributed by atoms with E-state index in [2.05, 4.69) is 5.32 Å². The molecule has 0 bridgehead atoms. The maximum atomic E-state index is 13.2. The number of carbonyl (C=O) groups is 2. The number of carbonyl (C=O) groups excluding carboxylic acids is 2. The number of rotatable bonds is 7. The van der Waals surface area contributed by atoms with Crippen LogP contribution in [-0.2, 0) is 15.8 Å². The second-order valence-electron chi connectivity index (χ2n) is 7.42. The fourth-order valence-electron chi connectivity index (χ4n) is 3.40. The highest BCUT2D eigenvalue weighted by Crippen LogP contribution is 2.36. The lowest BCUT2D eigenvalue weighted by Gasteiger charge is -2.31. The molecule has 2 aromatic carbocycles. The second kappa shape index (κ2) is 10.2. The summed E-state index contributed by atoms with van der Waals surface area (Å²) in [7, 11) is 0. The lowest BCUT2D eigenvalue weighted by molar-refractivity contribution is -0.137. The van der Waals surface area contributed by atoms with Crippen LogP contribution in [0.3, 0.4) is 0 Å². The van der Waals surface area contributed by atoms with E-state index in [4.69, 9.17) is 10.5 Å². The minimum Gasteiger partial charge on any atom is -0.484 e. The quantitative estimate of drug-likeness (QED) is 0.623. The molecule has 3 rings (SSSR count). The van der Waals surface area contributed by atoms with Gasteiger partial charge in [0, 0.05) is 19.2 Å². The summed E-state index contributed by atoms with van der Waals surface area (Å²) in [6.45, 7) is 1.22. The Bertz CT molecular complexity index is 982. The van der Waals surface area contributed by atoms with Gasteiger partial charge in [-0.25, -0.2) is 0 Å². The van der Waals surface area contributed by atoms with Gasteiger partial charge in [0.15, 0.2) is 6.61 Å². The molecule has 0 aromatic heterocycles. The monoisotopic (exact) mass is 447 g/mol. The largest absolute Gasteiger partial charge is 0.484 e. The normalized spacial score (nSPS) is 14.4. The predicted molar refractivity (Wildman–Crippen MR) is 116 cm³/mol. The van der Waals surface area contributed by atoms with Crippen LogP contribution in [0.25, 0.3) is 6.08 Å². The van der Waals surface area contributed by atoms with Crippen molar-refractivity contribution in [3.05, 3.63) is 59.7 Å². The van der Waals surface area contributed by atoms with Gasteiger partial charge in [-0.2, -0.15) is 13.2 Å². The van der Waals surface area contributed by atoms with Gasteiger partial charge < -0.3 is 20.7 Å². The molecule has 1 fully saturated rings. The SMILES string of the molecule is NC(=O)COc1ccc(/C=C/C(=O)Nc2cc(C(F)(F)F)ccc2N2CCCCC2)cc1. The number of alkyl halides is 3. The first-order valence-electron chi connectivity index (χ1n) is 10.2. The lowest BCUT2D eigenvalue weighted by Crippen LogP contribution is -2.30. The Hall–Kier alpha value is -3.49. The van der Waals surface area contributed by atoms with E-state index < -0.39 is 23.6 Å². The van der Waals surface area contributed by atoms with Crippen LogP contribution in [0.5, 0.6) is 5.75 Å². The third-order valence-corrected chi connectivity index (χ3v) is 4.97.